The second kappa shape index (κ2) is 10.2. The Balaban J connectivity index is 1.77. The number of guanidine groups is 1. The summed E-state index contributed by atoms with van der Waals surface area (Å²) in [7, 11) is 0. The summed E-state index contributed by atoms with van der Waals surface area (Å²) in [6, 6.07) is 7.06. The first-order valence-corrected chi connectivity index (χ1v) is 11.1. The lowest BCUT2D eigenvalue weighted by Crippen LogP contribution is -2.41. The van der Waals surface area contributed by atoms with Crippen molar-refractivity contribution in [1.82, 2.24) is 5.32 Å². The van der Waals surface area contributed by atoms with Gasteiger partial charge in [0.1, 0.15) is 5.75 Å². The Bertz CT molecular complexity index is 593. The highest BCUT2D eigenvalue weighted by Gasteiger charge is 2.18. The number of benzene rings is 1. The molecular formula is C21H32BrN3O. The zero-order chi connectivity index (χ0) is 18.2. The third kappa shape index (κ3) is 5.90. The first kappa shape index (κ1) is 19.5. The minimum atomic E-state index is 0.435. The van der Waals surface area contributed by atoms with Crippen molar-refractivity contribution in [2.45, 2.75) is 83.2 Å². The van der Waals surface area contributed by atoms with Crippen LogP contribution in [0.4, 0.5) is 5.69 Å². The van der Waals surface area contributed by atoms with Gasteiger partial charge in [-0.1, -0.05) is 54.5 Å². The molecule has 0 unspecified atom stereocenters. The van der Waals surface area contributed by atoms with Crippen molar-refractivity contribution in [3.63, 3.8) is 0 Å². The minimum absolute atomic E-state index is 0.435. The van der Waals surface area contributed by atoms with E-state index in [1.54, 1.807) is 0 Å². The number of aliphatic imine (C=N–C) groups is 1. The number of anilines is 1. The molecule has 4 nitrogen and oxygen atoms in total. The molecule has 3 rings (SSSR count). The van der Waals surface area contributed by atoms with Crippen molar-refractivity contribution < 1.29 is 4.74 Å². The highest BCUT2D eigenvalue weighted by atomic mass is 79.9. The Morgan fingerprint density at radius 2 is 1.77 bits per heavy atom. The van der Waals surface area contributed by atoms with Gasteiger partial charge in [0.2, 0.25) is 0 Å². The fourth-order valence-corrected chi connectivity index (χ4v) is 4.31. The van der Waals surface area contributed by atoms with Crippen LogP contribution < -0.4 is 15.4 Å². The zero-order valence-electron chi connectivity index (χ0n) is 15.9. The van der Waals surface area contributed by atoms with Gasteiger partial charge in [0.05, 0.1) is 18.3 Å². The Hall–Kier alpha value is -1.23. The Kier molecular flexibility index (Phi) is 7.66. The number of halogens is 1. The average molecular weight is 422 g/mol. The van der Waals surface area contributed by atoms with E-state index >= 15 is 0 Å². The van der Waals surface area contributed by atoms with Gasteiger partial charge in [-0.3, -0.25) is 0 Å². The predicted octanol–water partition coefficient (Wildman–Crippen LogP) is 5.87. The summed E-state index contributed by atoms with van der Waals surface area (Å²) in [5.74, 6) is 1.79. The molecule has 2 N–H and O–H groups in total. The van der Waals surface area contributed by atoms with Crippen LogP contribution in [0.5, 0.6) is 5.75 Å². The van der Waals surface area contributed by atoms with Gasteiger partial charge < -0.3 is 15.4 Å². The number of ether oxygens (including phenoxy) is 1. The quantitative estimate of drug-likeness (QED) is 0.461. The standard InChI is InChI=1S/C21H32BrN3O/c1-2-26-20-14-13-16(22)15-19(20)25-21(23-17-9-5-3-6-10-17)24-18-11-7-4-8-12-18/h13-15,17-18H,2-12H2,1H3,(H2,23,24,25). The molecule has 0 bridgehead atoms. The molecule has 2 fully saturated rings. The highest BCUT2D eigenvalue weighted by Crippen LogP contribution is 2.29. The Morgan fingerprint density at radius 3 is 2.46 bits per heavy atom. The van der Waals surface area contributed by atoms with Crippen LogP contribution in [0.15, 0.2) is 27.7 Å². The van der Waals surface area contributed by atoms with Gasteiger partial charge >= 0.3 is 0 Å². The van der Waals surface area contributed by atoms with Crippen LogP contribution >= 0.6 is 15.9 Å². The summed E-state index contributed by atoms with van der Waals surface area (Å²) in [6.45, 7) is 2.67. The highest BCUT2D eigenvalue weighted by molar-refractivity contribution is 9.10. The van der Waals surface area contributed by atoms with E-state index in [4.69, 9.17) is 9.73 Å². The van der Waals surface area contributed by atoms with Crippen LogP contribution in [0.3, 0.4) is 0 Å². The molecule has 0 saturated heterocycles. The maximum Gasteiger partial charge on any atom is 0.196 e. The van der Waals surface area contributed by atoms with Gasteiger partial charge in [0.15, 0.2) is 5.96 Å². The van der Waals surface area contributed by atoms with E-state index in [0.29, 0.717) is 18.7 Å². The molecule has 2 saturated carbocycles. The van der Waals surface area contributed by atoms with Crippen molar-refractivity contribution in [2.24, 2.45) is 4.99 Å². The molecule has 1 aromatic carbocycles. The average Bonchev–Trinajstić information content (AvgIpc) is 2.66. The van der Waals surface area contributed by atoms with Gasteiger partial charge in [0, 0.05) is 10.5 Å². The lowest BCUT2D eigenvalue weighted by molar-refractivity contribution is 0.342. The molecule has 0 heterocycles. The molecule has 5 heteroatoms. The molecule has 0 atom stereocenters. The minimum Gasteiger partial charge on any atom is -0.492 e. The molecule has 2 aliphatic rings. The van der Waals surface area contributed by atoms with Gasteiger partial charge in [-0.2, -0.15) is 0 Å². The van der Waals surface area contributed by atoms with Crippen molar-refractivity contribution in [3.05, 3.63) is 22.7 Å². The van der Waals surface area contributed by atoms with Crippen molar-refractivity contribution in [2.75, 3.05) is 11.9 Å². The first-order chi connectivity index (χ1) is 12.7. The smallest absolute Gasteiger partial charge is 0.196 e. The molecule has 1 aromatic rings. The topological polar surface area (TPSA) is 45.6 Å². The monoisotopic (exact) mass is 421 g/mol. The number of hydrogen-bond acceptors (Lipinski definition) is 2. The summed E-state index contributed by atoms with van der Waals surface area (Å²) >= 11 is 3.58. The summed E-state index contributed by atoms with van der Waals surface area (Å²) in [5, 5.41) is 7.26. The summed E-state index contributed by atoms with van der Waals surface area (Å²) < 4.78 is 6.85. The number of nitrogens with one attached hydrogen (secondary N) is 2. The van der Waals surface area contributed by atoms with Crippen molar-refractivity contribution >= 4 is 27.6 Å². The van der Waals surface area contributed by atoms with Crippen LogP contribution in [0.25, 0.3) is 0 Å². The van der Waals surface area contributed by atoms with E-state index in [2.05, 4.69) is 32.6 Å². The second-order valence-electron chi connectivity index (χ2n) is 7.45. The van der Waals surface area contributed by atoms with Gasteiger partial charge in [-0.05, 0) is 50.8 Å². The van der Waals surface area contributed by atoms with E-state index in [1.165, 1.54) is 64.2 Å². The largest absolute Gasteiger partial charge is 0.492 e. The maximum absolute atomic E-state index is 5.81. The van der Waals surface area contributed by atoms with E-state index in [9.17, 15) is 0 Å². The normalized spacial score (nSPS) is 20.0. The summed E-state index contributed by atoms with van der Waals surface area (Å²) in [6.07, 6.45) is 12.8. The number of hydrogen-bond donors (Lipinski definition) is 2. The van der Waals surface area contributed by atoms with Crippen LogP contribution in [0.2, 0.25) is 0 Å². The molecule has 0 radical (unpaired) electrons. The lowest BCUT2D eigenvalue weighted by atomic mass is 9.95. The molecule has 0 aromatic heterocycles. The molecule has 0 aliphatic heterocycles. The second-order valence-corrected chi connectivity index (χ2v) is 8.36. The summed E-state index contributed by atoms with van der Waals surface area (Å²) in [4.78, 5) is 5.08. The number of rotatable bonds is 5. The van der Waals surface area contributed by atoms with Crippen LogP contribution in [-0.2, 0) is 0 Å². The molecule has 0 amide bonds. The van der Waals surface area contributed by atoms with E-state index in [1.807, 2.05) is 19.1 Å². The van der Waals surface area contributed by atoms with Crippen LogP contribution in [-0.4, -0.2) is 24.7 Å². The molecule has 2 aliphatic carbocycles. The van der Waals surface area contributed by atoms with Gasteiger partial charge in [0.25, 0.3) is 0 Å². The Morgan fingerprint density at radius 1 is 1.08 bits per heavy atom. The van der Waals surface area contributed by atoms with E-state index in [0.717, 1.165) is 21.9 Å². The Labute approximate surface area is 166 Å². The lowest BCUT2D eigenvalue weighted by Gasteiger charge is -2.27. The fourth-order valence-electron chi connectivity index (χ4n) is 3.95. The van der Waals surface area contributed by atoms with E-state index < -0.39 is 0 Å². The van der Waals surface area contributed by atoms with Crippen LogP contribution in [0.1, 0.15) is 71.1 Å². The van der Waals surface area contributed by atoms with Crippen LogP contribution in [0, 0.1) is 0 Å². The van der Waals surface area contributed by atoms with E-state index in [-0.39, 0.29) is 0 Å². The fraction of sp³-hybridized carbons (Fsp3) is 0.667. The SMILES string of the molecule is CCOc1ccc(Br)cc1NC(=NC1CCCCC1)NC1CCCCC1. The first-order valence-electron chi connectivity index (χ1n) is 10.3. The maximum atomic E-state index is 5.81. The molecule has 144 valence electrons. The molecule has 0 spiro atoms. The van der Waals surface area contributed by atoms with Gasteiger partial charge in [-0.25, -0.2) is 4.99 Å². The van der Waals surface area contributed by atoms with Crippen molar-refractivity contribution in [3.8, 4) is 5.75 Å². The molecule has 26 heavy (non-hydrogen) atoms. The van der Waals surface area contributed by atoms with Crippen molar-refractivity contribution in [1.29, 1.82) is 0 Å². The third-order valence-corrected chi connectivity index (χ3v) is 5.82. The molecular weight excluding hydrogens is 390 g/mol. The summed E-state index contributed by atoms with van der Waals surface area (Å²) in [5.41, 5.74) is 0.971. The zero-order valence-corrected chi connectivity index (χ0v) is 17.5. The third-order valence-electron chi connectivity index (χ3n) is 5.33. The number of nitrogens with zero attached hydrogens (tertiary/aromatic N) is 1. The predicted molar refractivity (Wildman–Crippen MR) is 113 cm³/mol. The van der Waals surface area contributed by atoms with Gasteiger partial charge in [-0.15, -0.1) is 0 Å².